The lowest BCUT2D eigenvalue weighted by Gasteiger charge is -2.17. The number of carbonyl (C=O) groups excluding carboxylic acids is 1. The highest BCUT2D eigenvalue weighted by atomic mass is 32.2. The first-order valence-electron chi connectivity index (χ1n) is 9.22. The molecule has 28 heavy (non-hydrogen) atoms. The Labute approximate surface area is 170 Å². The van der Waals surface area contributed by atoms with Crippen molar-refractivity contribution in [3.8, 4) is 0 Å². The third-order valence-electron chi connectivity index (χ3n) is 4.67. The number of thioether (sulfide) groups is 1. The van der Waals surface area contributed by atoms with Crippen LogP contribution in [0.5, 0.6) is 0 Å². The Balaban J connectivity index is 1.62. The van der Waals surface area contributed by atoms with Gasteiger partial charge in [0.15, 0.2) is 0 Å². The number of hydrogen-bond acceptors (Lipinski definition) is 5. The predicted molar refractivity (Wildman–Crippen MR) is 114 cm³/mol. The molecule has 0 aromatic heterocycles. The Hall–Kier alpha value is -2.03. The number of benzene rings is 2. The fraction of sp³-hybridized carbons (Fsp3) is 0.350. The topological polar surface area (TPSA) is 78.5 Å². The maximum absolute atomic E-state index is 12.6. The van der Waals surface area contributed by atoms with Gasteiger partial charge in [0.2, 0.25) is 15.9 Å². The third-order valence-corrected chi connectivity index (χ3v) is 7.31. The summed E-state index contributed by atoms with van der Waals surface area (Å²) in [6.07, 6.45) is 3.80. The van der Waals surface area contributed by atoms with E-state index in [1.807, 2.05) is 30.5 Å². The second-order valence-corrected chi connectivity index (χ2v) is 9.54. The molecule has 150 valence electrons. The lowest BCUT2D eigenvalue weighted by Crippen LogP contribution is -2.32. The van der Waals surface area contributed by atoms with Crippen LogP contribution in [0.1, 0.15) is 19.8 Å². The summed E-state index contributed by atoms with van der Waals surface area (Å²) in [7, 11) is -3.44. The quantitative estimate of drug-likeness (QED) is 0.670. The minimum Gasteiger partial charge on any atom is -0.374 e. The van der Waals surface area contributed by atoms with Crippen molar-refractivity contribution in [2.45, 2.75) is 35.6 Å². The molecule has 1 aliphatic heterocycles. The van der Waals surface area contributed by atoms with Crippen molar-refractivity contribution in [3.63, 3.8) is 0 Å². The standard InChI is InChI=1S/C20H25N3O3S2/c1-15(21-17-6-5-7-18(14-17)27-2)20(24)22-16-8-10-19(11-9-16)28(25,26)23-12-3-4-13-23/h5-11,14-15,21H,3-4,12-13H2,1-2H3,(H,22,24)/t15-/m1/s1. The molecule has 8 heteroatoms. The Morgan fingerprint density at radius 3 is 2.39 bits per heavy atom. The number of nitrogens with one attached hydrogen (secondary N) is 2. The minimum absolute atomic E-state index is 0.190. The zero-order valence-corrected chi connectivity index (χ0v) is 17.6. The molecule has 0 radical (unpaired) electrons. The van der Waals surface area contributed by atoms with E-state index in [4.69, 9.17) is 0 Å². The van der Waals surface area contributed by atoms with E-state index in [0.717, 1.165) is 23.4 Å². The van der Waals surface area contributed by atoms with Gasteiger partial charge in [-0.3, -0.25) is 4.79 Å². The highest BCUT2D eigenvalue weighted by Crippen LogP contribution is 2.23. The number of rotatable bonds is 7. The monoisotopic (exact) mass is 419 g/mol. The van der Waals surface area contributed by atoms with Gasteiger partial charge in [0.25, 0.3) is 0 Å². The van der Waals surface area contributed by atoms with E-state index in [1.54, 1.807) is 43.0 Å². The van der Waals surface area contributed by atoms with Crippen molar-refractivity contribution >= 4 is 39.1 Å². The first kappa shape index (κ1) is 20.7. The fourth-order valence-electron chi connectivity index (χ4n) is 3.07. The summed E-state index contributed by atoms with van der Waals surface area (Å²) < 4.78 is 26.6. The van der Waals surface area contributed by atoms with Crippen molar-refractivity contribution in [2.24, 2.45) is 0 Å². The summed E-state index contributed by atoms with van der Waals surface area (Å²) in [5.41, 5.74) is 1.44. The van der Waals surface area contributed by atoms with E-state index in [-0.39, 0.29) is 10.8 Å². The van der Waals surface area contributed by atoms with Crippen molar-refractivity contribution in [2.75, 3.05) is 30.0 Å². The largest absolute Gasteiger partial charge is 0.374 e. The van der Waals surface area contributed by atoms with E-state index in [1.165, 1.54) is 4.31 Å². The van der Waals surface area contributed by atoms with E-state index < -0.39 is 16.1 Å². The molecule has 1 atom stereocenters. The number of nitrogens with zero attached hydrogens (tertiary/aromatic N) is 1. The molecule has 1 heterocycles. The number of anilines is 2. The van der Waals surface area contributed by atoms with Crippen LogP contribution in [0.3, 0.4) is 0 Å². The van der Waals surface area contributed by atoms with E-state index in [9.17, 15) is 13.2 Å². The van der Waals surface area contributed by atoms with E-state index >= 15 is 0 Å². The Bertz CT molecular complexity index is 924. The first-order chi connectivity index (χ1) is 13.4. The molecule has 1 fully saturated rings. The van der Waals surface area contributed by atoms with Crippen LogP contribution in [0.2, 0.25) is 0 Å². The molecule has 0 unspecified atom stereocenters. The zero-order valence-electron chi connectivity index (χ0n) is 16.0. The van der Waals surface area contributed by atoms with Crippen LogP contribution in [-0.4, -0.2) is 44.0 Å². The maximum atomic E-state index is 12.6. The molecule has 1 aliphatic rings. The molecule has 6 nitrogen and oxygen atoms in total. The van der Waals surface area contributed by atoms with Gasteiger partial charge in [-0.05, 0) is 68.5 Å². The second kappa shape index (κ2) is 8.98. The maximum Gasteiger partial charge on any atom is 0.246 e. The van der Waals surface area contributed by atoms with Crippen molar-refractivity contribution in [1.82, 2.24) is 4.31 Å². The van der Waals surface area contributed by atoms with E-state index in [2.05, 4.69) is 10.6 Å². The number of amides is 1. The van der Waals surface area contributed by atoms with Gasteiger partial charge >= 0.3 is 0 Å². The average Bonchev–Trinajstić information content (AvgIpc) is 3.24. The Morgan fingerprint density at radius 1 is 1.07 bits per heavy atom. The molecule has 1 saturated heterocycles. The van der Waals surface area contributed by atoms with Crippen LogP contribution in [0.25, 0.3) is 0 Å². The molecule has 0 saturated carbocycles. The molecule has 0 spiro atoms. The fourth-order valence-corrected chi connectivity index (χ4v) is 5.04. The first-order valence-corrected chi connectivity index (χ1v) is 11.9. The van der Waals surface area contributed by atoms with Gasteiger partial charge in [0.1, 0.15) is 6.04 Å². The van der Waals surface area contributed by atoms with Crippen molar-refractivity contribution in [1.29, 1.82) is 0 Å². The Morgan fingerprint density at radius 2 is 1.75 bits per heavy atom. The summed E-state index contributed by atoms with van der Waals surface area (Å²) >= 11 is 1.64. The molecule has 2 N–H and O–H groups in total. The molecule has 2 aromatic rings. The highest BCUT2D eigenvalue weighted by Gasteiger charge is 2.27. The van der Waals surface area contributed by atoms with Crippen molar-refractivity contribution in [3.05, 3.63) is 48.5 Å². The lowest BCUT2D eigenvalue weighted by atomic mass is 10.2. The molecule has 3 rings (SSSR count). The van der Waals surface area contributed by atoms with Gasteiger partial charge in [0.05, 0.1) is 4.90 Å². The average molecular weight is 420 g/mol. The normalized spacial score (nSPS) is 15.9. The summed E-state index contributed by atoms with van der Waals surface area (Å²) in [6, 6.07) is 13.8. The number of sulfonamides is 1. The molecule has 1 amide bonds. The number of hydrogen-bond donors (Lipinski definition) is 2. The predicted octanol–water partition coefficient (Wildman–Crippen LogP) is 3.63. The second-order valence-electron chi connectivity index (χ2n) is 6.72. The summed E-state index contributed by atoms with van der Waals surface area (Å²) in [4.78, 5) is 13.8. The highest BCUT2D eigenvalue weighted by molar-refractivity contribution is 7.98. The van der Waals surface area contributed by atoms with E-state index in [0.29, 0.717) is 18.8 Å². The van der Waals surface area contributed by atoms with Gasteiger partial charge in [0, 0.05) is 29.4 Å². The molecule has 0 aliphatic carbocycles. The van der Waals surface area contributed by atoms with Crippen LogP contribution in [0, 0.1) is 0 Å². The molecule has 0 bridgehead atoms. The summed E-state index contributed by atoms with van der Waals surface area (Å²) in [5, 5.41) is 6.01. The van der Waals surface area contributed by atoms with Crippen LogP contribution in [-0.2, 0) is 14.8 Å². The van der Waals surface area contributed by atoms with Crippen molar-refractivity contribution < 1.29 is 13.2 Å². The number of carbonyl (C=O) groups is 1. The smallest absolute Gasteiger partial charge is 0.246 e. The van der Waals surface area contributed by atoms with Gasteiger partial charge in [-0.1, -0.05) is 6.07 Å². The van der Waals surface area contributed by atoms with Crippen LogP contribution < -0.4 is 10.6 Å². The molecule has 2 aromatic carbocycles. The van der Waals surface area contributed by atoms with Crippen LogP contribution >= 0.6 is 11.8 Å². The van der Waals surface area contributed by atoms with Gasteiger partial charge < -0.3 is 10.6 Å². The summed E-state index contributed by atoms with van der Waals surface area (Å²) in [5.74, 6) is -0.190. The minimum atomic E-state index is -3.44. The van der Waals surface area contributed by atoms with Gasteiger partial charge in [-0.15, -0.1) is 11.8 Å². The third kappa shape index (κ3) is 4.87. The Kier molecular flexibility index (Phi) is 6.64. The SMILES string of the molecule is CSc1cccc(N[C@H](C)C(=O)Nc2ccc(S(=O)(=O)N3CCCC3)cc2)c1. The molecular formula is C20H25N3O3S2. The van der Waals surface area contributed by atoms with Crippen LogP contribution in [0.15, 0.2) is 58.3 Å². The van der Waals surface area contributed by atoms with Gasteiger partial charge in [-0.25, -0.2) is 8.42 Å². The van der Waals surface area contributed by atoms with Crippen LogP contribution in [0.4, 0.5) is 11.4 Å². The molecular weight excluding hydrogens is 394 g/mol. The van der Waals surface area contributed by atoms with Gasteiger partial charge in [-0.2, -0.15) is 4.31 Å². The summed E-state index contributed by atoms with van der Waals surface area (Å²) in [6.45, 7) is 2.93. The lowest BCUT2D eigenvalue weighted by molar-refractivity contribution is -0.116. The zero-order chi connectivity index (χ0) is 20.1.